The fourth-order valence-electron chi connectivity index (χ4n) is 3.17. The third-order valence-corrected chi connectivity index (χ3v) is 4.69. The molecule has 2 aromatic carbocycles. The molecule has 1 heterocycles. The fraction of sp³-hybridized carbons (Fsp3) is 0.208. The van der Waals surface area contributed by atoms with Gasteiger partial charge in [0.15, 0.2) is 18.1 Å². The lowest BCUT2D eigenvalue weighted by molar-refractivity contribution is -0.145. The van der Waals surface area contributed by atoms with Gasteiger partial charge in [-0.25, -0.2) is 9.78 Å². The number of rotatable bonds is 7. The van der Waals surface area contributed by atoms with Crippen molar-refractivity contribution in [3.8, 4) is 39.8 Å². The van der Waals surface area contributed by atoms with Crippen molar-refractivity contribution in [2.24, 2.45) is 0 Å². The van der Waals surface area contributed by atoms with Crippen molar-refractivity contribution in [2.45, 2.75) is 13.8 Å². The van der Waals surface area contributed by atoms with Gasteiger partial charge in [0.05, 0.1) is 13.7 Å². The normalized spacial score (nSPS) is 10.3. The van der Waals surface area contributed by atoms with E-state index >= 15 is 0 Å². The number of carbonyl (C=O) groups excluding carboxylic acids is 1. The van der Waals surface area contributed by atoms with Crippen molar-refractivity contribution in [3.05, 3.63) is 59.8 Å². The number of methoxy groups -OCH3 is 1. The lowest BCUT2D eigenvalue weighted by Gasteiger charge is -2.16. The number of carbonyl (C=O) groups is 1. The number of aryl methyl sites for hydroxylation is 1. The molecule has 0 aliphatic heterocycles. The molecule has 0 bridgehead atoms. The van der Waals surface area contributed by atoms with Crippen molar-refractivity contribution in [2.75, 3.05) is 26.1 Å². The lowest BCUT2D eigenvalue weighted by Crippen LogP contribution is -2.14. The predicted molar refractivity (Wildman–Crippen MR) is 118 cm³/mol. The van der Waals surface area contributed by atoms with Crippen molar-refractivity contribution >= 4 is 11.8 Å². The first kappa shape index (κ1) is 21.7. The number of anilines is 1. The monoisotopic (exact) mass is 417 g/mol. The summed E-state index contributed by atoms with van der Waals surface area (Å²) in [6, 6.07) is 15.3. The number of benzene rings is 2. The average molecular weight is 417 g/mol. The maximum absolute atomic E-state index is 11.6. The molecule has 0 amide bonds. The Hall–Kier alpha value is -4.05. The van der Waals surface area contributed by atoms with Crippen molar-refractivity contribution < 1.29 is 19.0 Å². The van der Waals surface area contributed by atoms with Gasteiger partial charge in [-0.2, -0.15) is 5.26 Å². The highest BCUT2D eigenvalue weighted by molar-refractivity contribution is 5.90. The number of aromatic nitrogens is 1. The van der Waals surface area contributed by atoms with E-state index in [-0.39, 0.29) is 24.6 Å². The van der Waals surface area contributed by atoms with E-state index in [0.29, 0.717) is 22.6 Å². The summed E-state index contributed by atoms with van der Waals surface area (Å²) in [6.45, 7) is 3.78. The first-order valence-electron chi connectivity index (χ1n) is 9.70. The minimum atomic E-state index is -0.469. The SMILES string of the molecule is CCOC(=O)COc1ccc(-c2c(-c3ccc(C)cc3)cnc(N)c2C#N)cc1OC. The number of nitrogen functional groups attached to an aromatic ring is 1. The van der Waals surface area contributed by atoms with Crippen LogP contribution in [0.15, 0.2) is 48.7 Å². The Kier molecular flexibility index (Phi) is 6.73. The van der Waals surface area contributed by atoms with E-state index in [1.807, 2.05) is 31.2 Å². The van der Waals surface area contributed by atoms with Crippen LogP contribution in [0.25, 0.3) is 22.3 Å². The summed E-state index contributed by atoms with van der Waals surface area (Å²) in [5.74, 6) is 0.478. The van der Waals surface area contributed by atoms with Crippen LogP contribution < -0.4 is 15.2 Å². The quantitative estimate of drug-likeness (QED) is 0.576. The Morgan fingerprint density at radius 1 is 1.13 bits per heavy atom. The van der Waals surface area contributed by atoms with Gasteiger partial charge < -0.3 is 19.9 Å². The molecule has 7 heteroatoms. The van der Waals surface area contributed by atoms with Gasteiger partial charge in [0.1, 0.15) is 17.5 Å². The smallest absolute Gasteiger partial charge is 0.344 e. The van der Waals surface area contributed by atoms with Gasteiger partial charge in [-0.15, -0.1) is 0 Å². The highest BCUT2D eigenvalue weighted by Gasteiger charge is 2.19. The zero-order chi connectivity index (χ0) is 22.4. The second-order valence-electron chi connectivity index (χ2n) is 6.74. The number of nitriles is 1. The number of esters is 1. The Labute approximate surface area is 181 Å². The number of hydrogen-bond acceptors (Lipinski definition) is 7. The Morgan fingerprint density at radius 2 is 1.84 bits per heavy atom. The topological polar surface area (TPSA) is 107 Å². The maximum atomic E-state index is 11.6. The van der Waals surface area contributed by atoms with Crippen LogP contribution in [0, 0.1) is 18.3 Å². The maximum Gasteiger partial charge on any atom is 0.344 e. The van der Waals surface area contributed by atoms with E-state index < -0.39 is 5.97 Å². The zero-order valence-corrected chi connectivity index (χ0v) is 17.6. The molecule has 1 aromatic heterocycles. The summed E-state index contributed by atoms with van der Waals surface area (Å²) < 4.78 is 15.9. The van der Waals surface area contributed by atoms with Crippen molar-refractivity contribution in [1.82, 2.24) is 4.98 Å². The van der Waals surface area contributed by atoms with Gasteiger partial charge in [-0.3, -0.25) is 0 Å². The number of hydrogen-bond donors (Lipinski definition) is 1. The largest absolute Gasteiger partial charge is 0.493 e. The van der Waals surface area contributed by atoms with Crippen LogP contribution in [0.4, 0.5) is 5.82 Å². The van der Waals surface area contributed by atoms with Crippen LogP contribution in [0.3, 0.4) is 0 Å². The molecule has 0 spiro atoms. The fourth-order valence-corrected chi connectivity index (χ4v) is 3.17. The van der Waals surface area contributed by atoms with E-state index in [0.717, 1.165) is 16.7 Å². The van der Waals surface area contributed by atoms with Gasteiger partial charge in [0.2, 0.25) is 0 Å². The first-order chi connectivity index (χ1) is 15.0. The van der Waals surface area contributed by atoms with Gasteiger partial charge in [0, 0.05) is 17.3 Å². The van der Waals surface area contributed by atoms with Crippen LogP contribution in [0.1, 0.15) is 18.1 Å². The molecular weight excluding hydrogens is 394 g/mol. The number of pyridine rings is 1. The van der Waals surface area contributed by atoms with E-state index in [9.17, 15) is 10.1 Å². The second kappa shape index (κ2) is 9.63. The predicted octanol–water partition coefficient (Wildman–Crippen LogP) is 4.13. The summed E-state index contributed by atoms with van der Waals surface area (Å²) in [6.07, 6.45) is 1.66. The van der Waals surface area contributed by atoms with Crippen LogP contribution in [-0.2, 0) is 9.53 Å². The molecule has 0 unspecified atom stereocenters. The summed E-state index contributed by atoms with van der Waals surface area (Å²) in [5.41, 5.74) is 10.4. The second-order valence-corrected chi connectivity index (χ2v) is 6.74. The Morgan fingerprint density at radius 3 is 2.48 bits per heavy atom. The third-order valence-electron chi connectivity index (χ3n) is 4.69. The summed E-state index contributed by atoms with van der Waals surface area (Å²) >= 11 is 0. The van der Waals surface area contributed by atoms with Crippen molar-refractivity contribution in [1.29, 1.82) is 5.26 Å². The molecule has 31 heavy (non-hydrogen) atoms. The van der Waals surface area contributed by atoms with Crippen LogP contribution in [-0.4, -0.2) is 31.3 Å². The summed E-state index contributed by atoms with van der Waals surface area (Å²) in [4.78, 5) is 15.8. The van der Waals surface area contributed by atoms with Gasteiger partial charge in [0.25, 0.3) is 0 Å². The zero-order valence-electron chi connectivity index (χ0n) is 17.6. The molecule has 0 aliphatic carbocycles. The molecule has 0 saturated carbocycles. The molecule has 2 N–H and O–H groups in total. The molecule has 158 valence electrons. The Balaban J connectivity index is 2.09. The number of nitrogens with zero attached hydrogens (tertiary/aromatic N) is 2. The highest BCUT2D eigenvalue weighted by atomic mass is 16.6. The molecule has 0 fully saturated rings. The van der Waals surface area contributed by atoms with Crippen LogP contribution >= 0.6 is 0 Å². The summed E-state index contributed by atoms with van der Waals surface area (Å²) in [5, 5.41) is 9.78. The molecular formula is C24H23N3O4. The van der Waals surface area contributed by atoms with E-state index in [2.05, 4.69) is 11.1 Å². The minimum Gasteiger partial charge on any atom is -0.493 e. The molecule has 0 atom stereocenters. The van der Waals surface area contributed by atoms with Gasteiger partial charge in [-0.05, 0) is 37.1 Å². The molecule has 3 rings (SSSR count). The molecule has 0 radical (unpaired) electrons. The Bertz CT molecular complexity index is 1130. The van der Waals surface area contributed by atoms with E-state index in [1.165, 1.54) is 7.11 Å². The number of ether oxygens (including phenoxy) is 3. The highest BCUT2D eigenvalue weighted by Crippen LogP contribution is 2.40. The van der Waals surface area contributed by atoms with E-state index in [1.54, 1.807) is 31.3 Å². The van der Waals surface area contributed by atoms with Crippen LogP contribution in [0.2, 0.25) is 0 Å². The summed E-state index contributed by atoms with van der Waals surface area (Å²) in [7, 11) is 1.50. The number of nitrogens with two attached hydrogens (primary N) is 1. The lowest BCUT2D eigenvalue weighted by atomic mass is 9.92. The standard InChI is InChI=1S/C24H23N3O4/c1-4-30-22(28)14-31-20-10-9-17(11-21(20)29-3)23-18(12-25)24(26)27-13-19(23)16-7-5-15(2)6-8-16/h5-11,13H,4,14H2,1-3H3,(H2,26,27). The molecule has 0 aliphatic rings. The third kappa shape index (κ3) is 4.75. The molecule has 7 nitrogen and oxygen atoms in total. The minimum absolute atomic E-state index is 0.148. The first-order valence-corrected chi connectivity index (χ1v) is 9.70. The van der Waals surface area contributed by atoms with Crippen molar-refractivity contribution in [3.63, 3.8) is 0 Å². The van der Waals surface area contributed by atoms with Gasteiger partial charge in [-0.1, -0.05) is 35.9 Å². The van der Waals surface area contributed by atoms with Gasteiger partial charge >= 0.3 is 5.97 Å². The average Bonchev–Trinajstić information content (AvgIpc) is 2.78. The van der Waals surface area contributed by atoms with E-state index in [4.69, 9.17) is 19.9 Å². The molecule has 0 saturated heterocycles. The van der Waals surface area contributed by atoms with Crippen LogP contribution in [0.5, 0.6) is 11.5 Å². The molecule has 3 aromatic rings.